The van der Waals surface area contributed by atoms with E-state index in [1.807, 2.05) is 19.0 Å². The highest BCUT2D eigenvalue weighted by Gasteiger charge is 2.17. The number of hydrogen-bond donors (Lipinski definition) is 2. The normalized spacial score (nSPS) is 11.0. The van der Waals surface area contributed by atoms with Crippen LogP contribution < -0.4 is 25.8 Å². The van der Waals surface area contributed by atoms with Crippen LogP contribution in [0.3, 0.4) is 0 Å². The number of likely N-dealkylation sites (N-methyl/N-ethyl adjacent to an activating group) is 1. The molecule has 38 heavy (non-hydrogen) atoms. The van der Waals surface area contributed by atoms with Crippen LogP contribution in [0.25, 0.3) is 22.2 Å². The van der Waals surface area contributed by atoms with E-state index in [1.54, 1.807) is 42.6 Å². The number of benzene rings is 2. The first-order valence-corrected chi connectivity index (χ1v) is 12.3. The van der Waals surface area contributed by atoms with Gasteiger partial charge >= 0.3 is 0 Å². The van der Waals surface area contributed by atoms with Gasteiger partial charge in [0.2, 0.25) is 5.95 Å². The van der Waals surface area contributed by atoms with Gasteiger partial charge < -0.3 is 25.1 Å². The van der Waals surface area contributed by atoms with Crippen molar-refractivity contribution in [3.63, 3.8) is 0 Å². The first-order chi connectivity index (χ1) is 18.2. The van der Waals surface area contributed by atoms with E-state index < -0.39 is 11.5 Å². The molecule has 0 spiro atoms. The van der Waals surface area contributed by atoms with Crippen molar-refractivity contribution in [2.75, 3.05) is 52.0 Å². The lowest BCUT2D eigenvalue weighted by Gasteiger charge is -2.14. The van der Waals surface area contributed by atoms with Crippen LogP contribution in [0, 0.1) is 0 Å². The van der Waals surface area contributed by atoms with E-state index in [1.165, 1.54) is 20.3 Å². The molecule has 0 saturated heterocycles. The number of pyridine rings is 1. The molecular formula is C26H26Cl2N6O4. The summed E-state index contributed by atoms with van der Waals surface area (Å²) >= 11 is 12.6. The Morgan fingerprint density at radius 2 is 1.84 bits per heavy atom. The summed E-state index contributed by atoms with van der Waals surface area (Å²) in [4.78, 5) is 42.5. The molecule has 0 atom stereocenters. The molecule has 2 heterocycles. The second-order valence-electron chi connectivity index (χ2n) is 8.54. The lowest BCUT2D eigenvalue weighted by atomic mass is 10.1. The second-order valence-corrected chi connectivity index (χ2v) is 9.36. The Hall–Kier alpha value is -3.86. The summed E-state index contributed by atoms with van der Waals surface area (Å²) in [6.07, 6.45) is 1.60. The predicted octanol–water partition coefficient (Wildman–Crippen LogP) is 4.06. The summed E-state index contributed by atoms with van der Waals surface area (Å²) in [5, 5.41) is 7.14. The third kappa shape index (κ3) is 5.83. The van der Waals surface area contributed by atoms with Gasteiger partial charge in [-0.25, -0.2) is 4.98 Å². The van der Waals surface area contributed by atoms with Crippen molar-refractivity contribution in [1.82, 2.24) is 19.6 Å². The summed E-state index contributed by atoms with van der Waals surface area (Å²) in [6, 6.07) is 11.2. The van der Waals surface area contributed by atoms with E-state index in [-0.39, 0.29) is 5.56 Å². The lowest BCUT2D eigenvalue weighted by Crippen LogP contribution is -2.28. The summed E-state index contributed by atoms with van der Waals surface area (Å²) < 4.78 is 6.22. The number of aromatic nitrogens is 3. The number of hydrogen-bond acceptors (Lipinski definition) is 8. The molecule has 0 aliphatic heterocycles. The first kappa shape index (κ1) is 27.2. The molecule has 198 valence electrons. The summed E-state index contributed by atoms with van der Waals surface area (Å²) in [5.74, 6) is 0.445. The summed E-state index contributed by atoms with van der Waals surface area (Å²) in [6.45, 7) is 1.42. The molecule has 2 aromatic carbocycles. The van der Waals surface area contributed by atoms with Crippen molar-refractivity contribution in [1.29, 1.82) is 0 Å². The molecule has 0 unspecified atom stereocenters. The molecule has 2 aromatic heterocycles. The van der Waals surface area contributed by atoms with Gasteiger partial charge in [0.05, 0.1) is 17.7 Å². The molecule has 4 aromatic rings. The van der Waals surface area contributed by atoms with Gasteiger partial charge in [-0.15, -0.1) is 4.73 Å². The Bertz CT molecular complexity index is 1560. The number of fused-ring (bicyclic) bond motifs is 1. The van der Waals surface area contributed by atoms with Crippen LogP contribution >= 0.6 is 23.2 Å². The van der Waals surface area contributed by atoms with Gasteiger partial charge in [-0.1, -0.05) is 23.2 Å². The Labute approximate surface area is 229 Å². The van der Waals surface area contributed by atoms with E-state index in [9.17, 15) is 9.59 Å². The van der Waals surface area contributed by atoms with Crippen molar-refractivity contribution >= 4 is 51.8 Å². The molecule has 1 amide bonds. The minimum Gasteiger partial charge on any atom is -0.495 e. The van der Waals surface area contributed by atoms with Crippen molar-refractivity contribution in [2.45, 2.75) is 0 Å². The maximum Gasteiger partial charge on any atom is 0.293 e. The smallest absolute Gasteiger partial charge is 0.293 e. The Morgan fingerprint density at radius 3 is 2.53 bits per heavy atom. The zero-order valence-electron chi connectivity index (χ0n) is 21.2. The number of anilines is 2. The summed E-state index contributed by atoms with van der Waals surface area (Å²) in [5.41, 5.74) is 1.27. The Balaban J connectivity index is 1.68. The highest BCUT2D eigenvalue weighted by molar-refractivity contribution is 6.33. The van der Waals surface area contributed by atoms with Crippen molar-refractivity contribution in [2.24, 2.45) is 0 Å². The second kappa shape index (κ2) is 11.7. The molecule has 0 aliphatic rings. The highest BCUT2D eigenvalue weighted by Crippen LogP contribution is 2.31. The van der Waals surface area contributed by atoms with Crippen LogP contribution in [0.5, 0.6) is 5.75 Å². The fourth-order valence-electron chi connectivity index (χ4n) is 3.73. The first-order valence-electron chi connectivity index (χ1n) is 11.5. The molecule has 0 radical (unpaired) electrons. The number of methoxy groups -OCH3 is 1. The van der Waals surface area contributed by atoms with Crippen LogP contribution in [0.2, 0.25) is 10.0 Å². The maximum atomic E-state index is 13.4. The highest BCUT2D eigenvalue weighted by atomic mass is 35.5. The average Bonchev–Trinajstić information content (AvgIpc) is 2.89. The molecule has 0 fully saturated rings. The van der Waals surface area contributed by atoms with Gasteiger partial charge in [0.1, 0.15) is 12.9 Å². The van der Waals surface area contributed by atoms with Crippen molar-refractivity contribution in [3.8, 4) is 16.9 Å². The van der Waals surface area contributed by atoms with E-state index in [0.717, 1.165) is 11.3 Å². The van der Waals surface area contributed by atoms with E-state index in [4.69, 9.17) is 32.8 Å². The SMILES string of the molecule is COc1ccc(C(=O)Nc2ccc(Cl)c(-c3cc4cnc(NCCN(C)C)nc4n(OC)c3=O)c2)cc1Cl. The molecule has 0 saturated carbocycles. The van der Waals surface area contributed by atoms with E-state index >= 15 is 0 Å². The minimum absolute atomic E-state index is 0.254. The number of carbonyl (C=O) groups is 1. The molecule has 0 aliphatic carbocycles. The number of nitrogens with zero attached hydrogens (tertiary/aromatic N) is 4. The fraction of sp³-hybridized carbons (Fsp3) is 0.231. The predicted molar refractivity (Wildman–Crippen MR) is 150 cm³/mol. The number of halogens is 2. The van der Waals surface area contributed by atoms with E-state index in [2.05, 4.69) is 20.6 Å². The molecule has 0 bridgehead atoms. The van der Waals surface area contributed by atoms with E-state index in [0.29, 0.717) is 56.1 Å². The number of nitrogens with one attached hydrogen (secondary N) is 2. The third-order valence-corrected chi connectivity index (χ3v) is 6.28. The number of carbonyl (C=O) groups excluding carboxylic acids is 1. The van der Waals surface area contributed by atoms with Crippen LogP contribution in [0.1, 0.15) is 10.4 Å². The Kier molecular flexibility index (Phi) is 8.35. The number of rotatable bonds is 9. The fourth-order valence-corrected chi connectivity index (χ4v) is 4.21. The topological polar surface area (TPSA) is 111 Å². The molecular weight excluding hydrogens is 531 g/mol. The van der Waals surface area contributed by atoms with Gasteiger partial charge in [0, 0.05) is 46.5 Å². The monoisotopic (exact) mass is 556 g/mol. The van der Waals surface area contributed by atoms with Crippen LogP contribution in [0.15, 0.2) is 53.5 Å². The molecule has 4 rings (SSSR count). The van der Waals surface area contributed by atoms with Gasteiger partial charge in [-0.3, -0.25) is 9.59 Å². The van der Waals surface area contributed by atoms with Gasteiger partial charge in [0.15, 0.2) is 5.65 Å². The average molecular weight is 557 g/mol. The zero-order valence-corrected chi connectivity index (χ0v) is 22.7. The molecule has 12 heteroatoms. The van der Waals surface area contributed by atoms with Crippen LogP contribution in [-0.2, 0) is 0 Å². The lowest BCUT2D eigenvalue weighted by molar-refractivity contribution is 0.102. The van der Waals surface area contributed by atoms with Gasteiger partial charge in [0.25, 0.3) is 11.5 Å². The van der Waals surface area contributed by atoms with Gasteiger partial charge in [-0.05, 0) is 56.6 Å². The number of ether oxygens (including phenoxy) is 1. The van der Waals surface area contributed by atoms with Gasteiger partial charge in [-0.2, -0.15) is 4.98 Å². The standard InChI is InChI=1S/C26H26Cl2N6O4/c1-33(2)10-9-29-26-30-14-16-11-19(25(36)34(38-4)23(16)32-26)18-13-17(6-7-20(18)27)31-24(35)15-5-8-22(37-3)21(28)12-15/h5-8,11-14H,9-10H2,1-4H3,(H,31,35)(H,29,30,32). The maximum absolute atomic E-state index is 13.4. The third-order valence-electron chi connectivity index (χ3n) is 5.66. The Morgan fingerprint density at radius 1 is 1.05 bits per heavy atom. The van der Waals surface area contributed by atoms with Crippen molar-refractivity contribution in [3.05, 3.63) is 74.6 Å². The molecule has 2 N–H and O–H groups in total. The summed E-state index contributed by atoms with van der Waals surface area (Å²) in [7, 11) is 6.81. The van der Waals surface area contributed by atoms with Crippen LogP contribution in [-0.4, -0.2) is 66.9 Å². The van der Waals surface area contributed by atoms with Crippen molar-refractivity contribution < 1.29 is 14.4 Å². The van der Waals surface area contributed by atoms with Crippen LogP contribution in [0.4, 0.5) is 11.6 Å². The zero-order chi connectivity index (χ0) is 27.4. The largest absolute Gasteiger partial charge is 0.495 e. The minimum atomic E-state index is -0.467. The molecule has 10 nitrogen and oxygen atoms in total. The number of amides is 1. The quantitative estimate of drug-likeness (QED) is 0.317.